The van der Waals surface area contributed by atoms with Crippen molar-refractivity contribution in [2.45, 2.75) is 19.0 Å². The molecule has 0 aromatic carbocycles. The van der Waals surface area contributed by atoms with Gasteiger partial charge < -0.3 is 10.1 Å². The van der Waals surface area contributed by atoms with Crippen molar-refractivity contribution in [2.75, 3.05) is 19.0 Å². The average Bonchev–Trinajstić information content (AvgIpc) is 2.33. The van der Waals surface area contributed by atoms with Crippen LogP contribution < -0.4 is 5.32 Å². The van der Waals surface area contributed by atoms with E-state index >= 15 is 0 Å². The predicted octanol–water partition coefficient (Wildman–Crippen LogP) is 2.62. The first-order valence-corrected chi connectivity index (χ1v) is 5.27. The fourth-order valence-corrected chi connectivity index (χ4v) is 1.28. The molecule has 1 aromatic heterocycles. The van der Waals surface area contributed by atoms with Crippen molar-refractivity contribution in [1.82, 2.24) is 4.98 Å². The van der Waals surface area contributed by atoms with E-state index in [0.717, 1.165) is 0 Å². The molecule has 0 atom stereocenters. The summed E-state index contributed by atoms with van der Waals surface area (Å²) in [5.74, 6) is -0.171. The van der Waals surface area contributed by atoms with Crippen LogP contribution in [0.25, 0.3) is 0 Å². The molecule has 100 valence electrons. The third-order valence-electron chi connectivity index (χ3n) is 2.12. The molecular weight excluding hydrogens is 249 g/mol. The van der Waals surface area contributed by atoms with Crippen LogP contribution in [0.4, 0.5) is 19.0 Å². The number of aromatic nitrogens is 1. The Morgan fingerprint density at radius 1 is 1.50 bits per heavy atom. The lowest BCUT2D eigenvalue weighted by molar-refractivity contribution is -0.134. The Hall–Kier alpha value is -1.79. The normalized spacial score (nSPS) is 11.1. The van der Waals surface area contributed by atoms with Gasteiger partial charge in [-0.25, -0.2) is 9.78 Å². The van der Waals surface area contributed by atoms with Crippen molar-refractivity contribution in [2.24, 2.45) is 0 Å². The second-order valence-electron chi connectivity index (χ2n) is 3.57. The number of nitrogens with one attached hydrogen (secondary N) is 1. The maximum atomic E-state index is 11.9. The minimum absolute atomic E-state index is 0.0480. The van der Waals surface area contributed by atoms with E-state index in [0.29, 0.717) is 11.4 Å². The highest BCUT2D eigenvalue weighted by Crippen LogP contribution is 2.21. The molecule has 18 heavy (non-hydrogen) atoms. The van der Waals surface area contributed by atoms with Gasteiger partial charge in [0.05, 0.1) is 12.7 Å². The van der Waals surface area contributed by atoms with Gasteiger partial charge in [0.25, 0.3) is 0 Å². The number of esters is 1. The number of halogens is 3. The van der Waals surface area contributed by atoms with Gasteiger partial charge in [-0.1, -0.05) is 0 Å². The van der Waals surface area contributed by atoms with Crippen molar-refractivity contribution in [3.63, 3.8) is 0 Å². The largest absolute Gasteiger partial charge is 0.465 e. The van der Waals surface area contributed by atoms with Crippen LogP contribution >= 0.6 is 0 Å². The van der Waals surface area contributed by atoms with E-state index in [2.05, 4.69) is 15.0 Å². The van der Waals surface area contributed by atoms with E-state index < -0.39 is 18.6 Å². The Balaban J connectivity index is 2.45. The Kier molecular flexibility index (Phi) is 4.94. The molecule has 0 spiro atoms. The van der Waals surface area contributed by atoms with Crippen LogP contribution in [-0.4, -0.2) is 30.8 Å². The highest BCUT2D eigenvalue weighted by molar-refractivity contribution is 5.89. The maximum absolute atomic E-state index is 11.9. The van der Waals surface area contributed by atoms with Gasteiger partial charge in [0.15, 0.2) is 0 Å². The Bertz CT molecular complexity index is 408. The highest BCUT2D eigenvalue weighted by Gasteiger charge is 2.25. The minimum atomic E-state index is -4.15. The lowest BCUT2D eigenvalue weighted by Gasteiger charge is -2.08. The molecule has 0 saturated carbocycles. The number of alkyl halides is 3. The van der Waals surface area contributed by atoms with Crippen molar-refractivity contribution >= 4 is 11.8 Å². The third-order valence-corrected chi connectivity index (χ3v) is 2.12. The molecule has 1 N–H and O–H groups in total. The van der Waals surface area contributed by atoms with Crippen LogP contribution in [0.15, 0.2) is 18.3 Å². The molecule has 4 nitrogen and oxygen atoms in total. The zero-order chi connectivity index (χ0) is 13.6. The van der Waals surface area contributed by atoms with E-state index in [1.807, 2.05) is 0 Å². The van der Waals surface area contributed by atoms with Gasteiger partial charge >= 0.3 is 12.1 Å². The topological polar surface area (TPSA) is 51.2 Å². The van der Waals surface area contributed by atoms with Crippen LogP contribution in [0.5, 0.6) is 0 Å². The number of carbonyl (C=O) groups excluding carboxylic acids is 1. The zero-order valence-corrected chi connectivity index (χ0v) is 9.75. The molecule has 1 heterocycles. The van der Waals surface area contributed by atoms with E-state index in [1.165, 1.54) is 25.4 Å². The smallest absolute Gasteiger partial charge is 0.389 e. The molecule has 0 bridgehead atoms. The number of anilines is 1. The predicted molar refractivity (Wildman–Crippen MR) is 59.4 cm³/mol. The van der Waals surface area contributed by atoms with Crippen molar-refractivity contribution in [3.05, 3.63) is 23.9 Å². The summed E-state index contributed by atoms with van der Waals surface area (Å²) in [5.41, 5.74) is 0.297. The number of hydrogen-bond donors (Lipinski definition) is 1. The van der Waals surface area contributed by atoms with E-state index in [-0.39, 0.29) is 13.0 Å². The highest BCUT2D eigenvalue weighted by atomic mass is 19.4. The Morgan fingerprint density at radius 3 is 2.83 bits per heavy atom. The summed E-state index contributed by atoms with van der Waals surface area (Å²) >= 11 is 0. The minimum Gasteiger partial charge on any atom is -0.465 e. The Labute approximate surface area is 102 Å². The number of carbonyl (C=O) groups is 1. The molecule has 0 fully saturated rings. The quantitative estimate of drug-likeness (QED) is 0.654. The molecule has 0 aliphatic carbocycles. The van der Waals surface area contributed by atoms with Crippen LogP contribution in [0.1, 0.15) is 23.2 Å². The molecule has 0 radical (unpaired) electrons. The molecule has 0 aliphatic rings. The van der Waals surface area contributed by atoms with Crippen LogP contribution in [0, 0.1) is 0 Å². The second kappa shape index (κ2) is 6.23. The summed E-state index contributed by atoms with van der Waals surface area (Å²) in [6.45, 7) is 0.136. The standard InChI is InChI=1S/C11H13F3N2O2/c1-18-10(17)8-3-6-16-9(7-8)15-5-2-4-11(12,13)14/h3,6-7H,2,4-5H2,1H3,(H,15,16). The van der Waals surface area contributed by atoms with Gasteiger partial charge in [0.1, 0.15) is 5.82 Å². The van der Waals surface area contributed by atoms with Gasteiger partial charge in [0, 0.05) is 19.2 Å². The van der Waals surface area contributed by atoms with Gasteiger partial charge in [0.2, 0.25) is 0 Å². The fraction of sp³-hybridized carbons (Fsp3) is 0.455. The van der Waals surface area contributed by atoms with E-state index in [9.17, 15) is 18.0 Å². The molecule has 0 unspecified atom stereocenters. The van der Waals surface area contributed by atoms with Gasteiger partial charge in [-0.15, -0.1) is 0 Å². The average molecular weight is 262 g/mol. The molecule has 0 aliphatic heterocycles. The van der Waals surface area contributed by atoms with E-state index in [1.54, 1.807) is 0 Å². The summed E-state index contributed by atoms with van der Waals surface area (Å²) in [7, 11) is 1.25. The molecule has 7 heteroatoms. The number of ether oxygens (including phenoxy) is 1. The van der Waals surface area contributed by atoms with Crippen molar-refractivity contribution < 1.29 is 22.7 Å². The molecule has 0 saturated heterocycles. The summed E-state index contributed by atoms with van der Waals surface area (Å²) in [6.07, 6.45) is -3.66. The summed E-state index contributed by atoms with van der Waals surface area (Å²) in [4.78, 5) is 15.1. The first-order valence-electron chi connectivity index (χ1n) is 5.27. The lowest BCUT2D eigenvalue weighted by atomic mass is 10.2. The lowest BCUT2D eigenvalue weighted by Crippen LogP contribution is -2.11. The fourth-order valence-electron chi connectivity index (χ4n) is 1.28. The Morgan fingerprint density at radius 2 is 2.22 bits per heavy atom. The summed E-state index contributed by atoms with van der Waals surface area (Å²) in [5, 5.41) is 2.72. The number of methoxy groups -OCH3 is 1. The third kappa shape index (κ3) is 5.03. The van der Waals surface area contributed by atoms with Crippen LogP contribution in [0.2, 0.25) is 0 Å². The van der Waals surface area contributed by atoms with Gasteiger partial charge in [-0.05, 0) is 18.6 Å². The van der Waals surface area contributed by atoms with Crippen molar-refractivity contribution in [1.29, 1.82) is 0 Å². The molecule has 0 amide bonds. The number of rotatable bonds is 5. The SMILES string of the molecule is COC(=O)c1ccnc(NCCCC(F)(F)F)c1. The zero-order valence-electron chi connectivity index (χ0n) is 9.75. The summed E-state index contributed by atoms with van der Waals surface area (Å²) in [6, 6.07) is 2.89. The number of pyridine rings is 1. The van der Waals surface area contributed by atoms with Gasteiger partial charge in [-0.3, -0.25) is 0 Å². The summed E-state index contributed by atoms with van der Waals surface area (Å²) < 4.78 is 40.2. The van der Waals surface area contributed by atoms with E-state index in [4.69, 9.17) is 0 Å². The monoisotopic (exact) mass is 262 g/mol. The number of hydrogen-bond acceptors (Lipinski definition) is 4. The number of nitrogens with zero attached hydrogens (tertiary/aromatic N) is 1. The van der Waals surface area contributed by atoms with Crippen LogP contribution in [0.3, 0.4) is 0 Å². The second-order valence-corrected chi connectivity index (χ2v) is 3.57. The van der Waals surface area contributed by atoms with Crippen molar-refractivity contribution in [3.8, 4) is 0 Å². The maximum Gasteiger partial charge on any atom is 0.389 e. The first-order chi connectivity index (χ1) is 8.42. The van der Waals surface area contributed by atoms with Gasteiger partial charge in [-0.2, -0.15) is 13.2 Å². The first kappa shape index (κ1) is 14.3. The molecule has 1 aromatic rings. The molecule has 1 rings (SSSR count). The van der Waals surface area contributed by atoms with Crippen LogP contribution in [-0.2, 0) is 4.74 Å². The molecular formula is C11H13F3N2O2.